The molecule has 15 heavy (non-hydrogen) atoms. The standard InChI is InChI=1S/C11H18ClN3/c1-2-5-10-13-14-11(12)15(10)8-9-6-3-4-7-9/h9H,2-8H2,1H3. The maximum Gasteiger partial charge on any atom is 0.225 e. The van der Waals surface area contributed by atoms with Gasteiger partial charge in [0.05, 0.1) is 0 Å². The summed E-state index contributed by atoms with van der Waals surface area (Å²) in [6, 6.07) is 0. The number of hydrogen-bond acceptors (Lipinski definition) is 2. The number of hydrogen-bond donors (Lipinski definition) is 0. The van der Waals surface area contributed by atoms with Crippen LogP contribution in [-0.4, -0.2) is 14.8 Å². The SMILES string of the molecule is CCCc1nnc(Cl)n1CC1CCCC1. The summed E-state index contributed by atoms with van der Waals surface area (Å²) in [7, 11) is 0. The molecular weight excluding hydrogens is 210 g/mol. The van der Waals surface area contributed by atoms with Gasteiger partial charge in [-0.15, -0.1) is 10.2 Å². The molecule has 0 N–H and O–H groups in total. The van der Waals surface area contributed by atoms with Gasteiger partial charge in [-0.3, -0.25) is 0 Å². The van der Waals surface area contributed by atoms with Crippen molar-refractivity contribution in [2.45, 2.75) is 52.0 Å². The van der Waals surface area contributed by atoms with E-state index in [2.05, 4.69) is 21.7 Å². The van der Waals surface area contributed by atoms with Gasteiger partial charge in [-0.25, -0.2) is 0 Å². The summed E-state index contributed by atoms with van der Waals surface area (Å²) in [5, 5.41) is 8.64. The molecule has 1 aromatic rings. The molecule has 84 valence electrons. The van der Waals surface area contributed by atoms with Crippen LogP contribution in [0.4, 0.5) is 0 Å². The largest absolute Gasteiger partial charge is 0.301 e. The number of aryl methyl sites for hydroxylation is 1. The fourth-order valence-corrected chi connectivity index (χ4v) is 2.56. The van der Waals surface area contributed by atoms with Gasteiger partial charge >= 0.3 is 0 Å². The molecule has 0 amide bonds. The quantitative estimate of drug-likeness (QED) is 0.792. The zero-order chi connectivity index (χ0) is 10.7. The van der Waals surface area contributed by atoms with E-state index < -0.39 is 0 Å². The van der Waals surface area contributed by atoms with Gasteiger partial charge in [0.25, 0.3) is 0 Å². The highest BCUT2D eigenvalue weighted by Gasteiger charge is 2.18. The van der Waals surface area contributed by atoms with Crippen molar-refractivity contribution in [2.24, 2.45) is 5.92 Å². The second kappa shape index (κ2) is 4.97. The van der Waals surface area contributed by atoms with Crippen LogP contribution < -0.4 is 0 Å². The summed E-state index contributed by atoms with van der Waals surface area (Å²) in [5.74, 6) is 1.84. The van der Waals surface area contributed by atoms with E-state index in [0.29, 0.717) is 5.28 Å². The highest BCUT2D eigenvalue weighted by atomic mass is 35.5. The molecule has 3 nitrogen and oxygen atoms in total. The molecule has 0 aromatic carbocycles. The maximum absolute atomic E-state index is 6.05. The van der Waals surface area contributed by atoms with Crippen molar-refractivity contribution in [3.05, 3.63) is 11.1 Å². The van der Waals surface area contributed by atoms with Crippen molar-refractivity contribution in [3.8, 4) is 0 Å². The number of halogens is 1. The van der Waals surface area contributed by atoms with Gasteiger partial charge in [0, 0.05) is 13.0 Å². The Bertz CT molecular complexity index is 316. The molecule has 0 spiro atoms. The van der Waals surface area contributed by atoms with Crippen LogP contribution in [0.15, 0.2) is 0 Å². The van der Waals surface area contributed by atoms with Crippen LogP contribution in [0.2, 0.25) is 5.28 Å². The molecule has 2 rings (SSSR count). The third-order valence-corrected chi connectivity index (χ3v) is 3.45. The Balaban J connectivity index is 2.07. The minimum absolute atomic E-state index is 0.561. The predicted molar refractivity (Wildman–Crippen MR) is 61.0 cm³/mol. The third-order valence-electron chi connectivity index (χ3n) is 3.17. The summed E-state index contributed by atoms with van der Waals surface area (Å²) in [6.07, 6.45) is 7.48. The smallest absolute Gasteiger partial charge is 0.225 e. The zero-order valence-electron chi connectivity index (χ0n) is 9.25. The van der Waals surface area contributed by atoms with E-state index in [1.807, 2.05) is 0 Å². The minimum Gasteiger partial charge on any atom is -0.301 e. The molecule has 0 unspecified atom stereocenters. The molecule has 0 aliphatic heterocycles. The molecule has 0 bridgehead atoms. The lowest BCUT2D eigenvalue weighted by Gasteiger charge is -2.12. The number of rotatable bonds is 4. The average Bonchev–Trinajstić information content (AvgIpc) is 2.83. The van der Waals surface area contributed by atoms with Crippen molar-refractivity contribution in [2.75, 3.05) is 0 Å². The van der Waals surface area contributed by atoms with Crippen molar-refractivity contribution in [1.29, 1.82) is 0 Å². The van der Waals surface area contributed by atoms with Crippen molar-refractivity contribution in [3.63, 3.8) is 0 Å². The molecule has 1 fully saturated rings. The molecule has 1 aliphatic rings. The first-order valence-electron chi connectivity index (χ1n) is 5.89. The van der Waals surface area contributed by atoms with Gasteiger partial charge in [-0.05, 0) is 36.8 Å². The highest BCUT2D eigenvalue weighted by molar-refractivity contribution is 6.28. The fraction of sp³-hybridized carbons (Fsp3) is 0.818. The van der Waals surface area contributed by atoms with Crippen LogP contribution >= 0.6 is 11.6 Å². The first kappa shape index (κ1) is 10.9. The third kappa shape index (κ3) is 2.51. The Morgan fingerprint density at radius 2 is 2.07 bits per heavy atom. The Hall–Kier alpha value is -0.570. The van der Waals surface area contributed by atoms with E-state index in [9.17, 15) is 0 Å². The summed E-state index contributed by atoms with van der Waals surface area (Å²) < 4.78 is 2.10. The zero-order valence-corrected chi connectivity index (χ0v) is 10.0. The Kier molecular flexibility index (Phi) is 3.62. The molecule has 0 atom stereocenters. The van der Waals surface area contributed by atoms with Gasteiger partial charge in [-0.1, -0.05) is 19.8 Å². The molecule has 1 aromatic heterocycles. The van der Waals surface area contributed by atoms with Crippen LogP contribution in [0.3, 0.4) is 0 Å². The van der Waals surface area contributed by atoms with E-state index in [-0.39, 0.29) is 0 Å². The lowest BCUT2D eigenvalue weighted by atomic mass is 10.1. The van der Waals surface area contributed by atoms with Gasteiger partial charge in [-0.2, -0.15) is 0 Å². The topological polar surface area (TPSA) is 30.7 Å². The molecule has 1 heterocycles. The van der Waals surface area contributed by atoms with Crippen molar-refractivity contribution >= 4 is 11.6 Å². The van der Waals surface area contributed by atoms with E-state index in [0.717, 1.165) is 31.1 Å². The second-order valence-corrected chi connectivity index (χ2v) is 4.73. The van der Waals surface area contributed by atoms with E-state index in [1.165, 1.54) is 25.7 Å². The van der Waals surface area contributed by atoms with E-state index in [1.54, 1.807) is 0 Å². The van der Waals surface area contributed by atoms with Crippen LogP contribution in [-0.2, 0) is 13.0 Å². The van der Waals surface area contributed by atoms with Gasteiger partial charge in [0.15, 0.2) is 0 Å². The van der Waals surface area contributed by atoms with Crippen LogP contribution in [0.25, 0.3) is 0 Å². The van der Waals surface area contributed by atoms with E-state index >= 15 is 0 Å². The van der Waals surface area contributed by atoms with Crippen molar-refractivity contribution in [1.82, 2.24) is 14.8 Å². The first-order valence-corrected chi connectivity index (χ1v) is 6.26. The Morgan fingerprint density at radius 3 is 2.73 bits per heavy atom. The lowest BCUT2D eigenvalue weighted by Crippen LogP contribution is -2.11. The van der Waals surface area contributed by atoms with E-state index in [4.69, 9.17) is 11.6 Å². The summed E-state index contributed by atoms with van der Waals surface area (Å²) in [4.78, 5) is 0. The summed E-state index contributed by atoms with van der Waals surface area (Å²) in [6.45, 7) is 3.17. The van der Waals surface area contributed by atoms with Crippen LogP contribution in [0, 0.1) is 5.92 Å². The Morgan fingerprint density at radius 1 is 1.33 bits per heavy atom. The number of nitrogens with zero attached hydrogens (tertiary/aromatic N) is 3. The number of aromatic nitrogens is 3. The molecule has 0 radical (unpaired) electrons. The summed E-state index contributed by atoms with van der Waals surface area (Å²) in [5.41, 5.74) is 0. The molecule has 4 heteroatoms. The van der Waals surface area contributed by atoms with Crippen LogP contribution in [0.5, 0.6) is 0 Å². The van der Waals surface area contributed by atoms with Gasteiger partial charge < -0.3 is 4.57 Å². The predicted octanol–water partition coefficient (Wildman–Crippen LogP) is 3.07. The normalized spacial score (nSPS) is 17.5. The van der Waals surface area contributed by atoms with Gasteiger partial charge in [0.2, 0.25) is 5.28 Å². The molecule has 1 aliphatic carbocycles. The Labute approximate surface area is 95.8 Å². The van der Waals surface area contributed by atoms with Crippen molar-refractivity contribution < 1.29 is 0 Å². The van der Waals surface area contributed by atoms with Crippen LogP contribution in [0.1, 0.15) is 44.9 Å². The molecule has 0 saturated heterocycles. The highest BCUT2D eigenvalue weighted by Crippen LogP contribution is 2.27. The molecule has 1 saturated carbocycles. The molecular formula is C11H18ClN3. The van der Waals surface area contributed by atoms with Gasteiger partial charge in [0.1, 0.15) is 5.82 Å². The lowest BCUT2D eigenvalue weighted by molar-refractivity contribution is 0.446. The monoisotopic (exact) mass is 227 g/mol. The minimum atomic E-state index is 0.561. The first-order chi connectivity index (χ1) is 7.31. The summed E-state index contributed by atoms with van der Waals surface area (Å²) >= 11 is 6.05. The fourth-order valence-electron chi connectivity index (χ4n) is 2.35. The maximum atomic E-state index is 6.05. The second-order valence-electron chi connectivity index (χ2n) is 4.40. The average molecular weight is 228 g/mol.